The highest BCUT2D eigenvalue weighted by Crippen LogP contribution is 2.22. The molecular formula is C21H24N2O6S. The number of sulfonamides is 1. The van der Waals surface area contributed by atoms with Crippen LogP contribution in [-0.2, 0) is 14.8 Å². The maximum absolute atomic E-state index is 12.7. The van der Waals surface area contributed by atoms with E-state index < -0.39 is 27.4 Å². The van der Waals surface area contributed by atoms with E-state index in [1.54, 1.807) is 30.3 Å². The molecule has 2 N–H and O–H groups in total. The van der Waals surface area contributed by atoms with E-state index in [0.717, 1.165) is 12.8 Å². The first-order valence-corrected chi connectivity index (χ1v) is 11.0. The van der Waals surface area contributed by atoms with Gasteiger partial charge in [0.1, 0.15) is 12.4 Å². The van der Waals surface area contributed by atoms with Crippen molar-refractivity contribution in [3.8, 4) is 5.75 Å². The number of rotatable bonds is 8. The van der Waals surface area contributed by atoms with E-state index in [9.17, 15) is 23.1 Å². The smallest absolute Gasteiger partial charge is 0.332 e. The number of carbonyl (C=O) groups excluding carboxylic acids is 1. The summed E-state index contributed by atoms with van der Waals surface area (Å²) >= 11 is 0. The zero-order valence-corrected chi connectivity index (χ0v) is 17.4. The summed E-state index contributed by atoms with van der Waals surface area (Å²) in [6.07, 6.45) is 1.61. The fourth-order valence-electron chi connectivity index (χ4n) is 3.09. The Labute approximate surface area is 175 Å². The molecule has 1 fully saturated rings. The maximum atomic E-state index is 12.7. The van der Waals surface area contributed by atoms with Gasteiger partial charge in [0.05, 0.1) is 4.90 Å². The zero-order valence-electron chi connectivity index (χ0n) is 16.6. The average molecular weight is 432 g/mol. The Bertz CT molecular complexity index is 1020. The molecule has 0 aromatic heterocycles. The molecule has 1 atom stereocenters. The SMILES string of the molecule is CC(COc1ccccc1)(NC(=O)c1cccc(S(=O)(=O)N2CCCC2)c1)C(=O)O. The van der Waals surface area contributed by atoms with Gasteiger partial charge in [-0.25, -0.2) is 13.2 Å². The van der Waals surface area contributed by atoms with E-state index in [4.69, 9.17) is 4.74 Å². The lowest BCUT2D eigenvalue weighted by atomic mass is 10.0. The van der Waals surface area contributed by atoms with E-state index in [0.29, 0.717) is 18.8 Å². The van der Waals surface area contributed by atoms with Crippen molar-refractivity contribution in [2.45, 2.75) is 30.2 Å². The number of nitrogens with zero attached hydrogens (tertiary/aromatic N) is 1. The second-order valence-corrected chi connectivity index (χ2v) is 9.27. The summed E-state index contributed by atoms with van der Waals surface area (Å²) in [6.45, 7) is 1.93. The maximum Gasteiger partial charge on any atom is 0.332 e. The van der Waals surface area contributed by atoms with Crippen LogP contribution < -0.4 is 10.1 Å². The molecule has 1 aliphatic heterocycles. The Morgan fingerprint density at radius 1 is 1.10 bits per heavy atom. The highest BCUT2D eigenvalue weighted by Gasteiger charge is 2.37. The van der Waals surface area contributed by atoms with Crippen molar-refractivity contribution in [2.75, 3.05) is 19.7 Å². The lowest BCUT2D eigenvalue weighted by molar-refractivity contribution is -0.145. The molecule has 0 aliphatic carbocycles. The topological polar surface area (TPSA) is 113 Å². The summed E-state index contributed by atoms with van der Waals surface area (Å²) in [5, 5.41) is 12.1. The van der Waals surface area contributed by atoms with Crippen molar-refractivity contribution < 1.29 is 27.9 Å². The van der Waals surface area contributed by atoms with Gasteiger partial charge >= 0.3 is 5.97 Å². The normalized spacial score (nSPS) is 16.6. The van der Waals surface area contributed by atoms with Crippen molar-refractivity contribution >= 4 is 21.9 Å². The fourth-order valence-corrected chi connectivity index (χ4v) is 4.66. The average Bonchev–Trinajstić information content (AvgIpc) is 3.29. The summed E-state index contributed by atoms with van der Waals surface area (Å²) in [5.41, 5.74) is -1.65. The van der Waals surface area contributed by atoms with E-state index in [1.807, 2.05) is 0 Å². The molecule has 1 amide bonds. The molecule has 0 radical (unpaired) electrons. The predicted molar refractivity (Wildman–Crippen MR) is 110 cm³/mol. The molecule has 3 rings (SSSR count). The summed E-state index contributed by atoms with van der Waals surface area (Å²) in [5.74, 6) is -1.50. The van der Waals surface area contributed by atoms with E-state index in [-0.39, 0.29) is 17.1 Å². The molecule has 2 aromatic rings. The van der Waals surface area contributed by atoms with Crippen LogP contribution in [0, 0.1) is 0 Å². The van der Waals surface area contributed by atoms with E-state index in [2.05, 4.69) is 5.32 Å². The molecule has 30 heavy (non-hydrogen) atoms. The first-order chi connectivity index (χ1) is 14.2. The van der Waals surface area contributed by atoms with Crippen molar-refractivity contribution in [3.05, 3.63) is 60.2 Å². The number of amides is 1. The molecule has 1 heterocycles. The van der Waals surface area contributed by atoms with Gasteiger partial charge in [-0.05, 0) is 50.1 Å². The number of carbonyl (C=O) groups is 2. The molecule has 0 spiro atoms. The largest absolute Gasteiger partial charge is 0.491 e. The lowest BCUT2D eigenvalue weighted by Gasteiger charge is -2.26. The van der Waals surface area contributed by atoms with Gasteiger partial charge in [0, 0.05) is 18.7 Å². The van der Waals surface area contributed by atoms with Crippen LogP contribution in [0.25, 0.3) is 0 Å². The minimum atomic E-state index is -3.69. The molecule has 1 saturated heterocycles. The van der Waals surface area contributed by atoms with Crippen molar-refractivity contribution in [1.29, 1.82) is 0 Å². The van der Waals surface area contributed by atoms with Gasteiger partial charge in [-0.3, -0.25) is 4.79 Å². The number of nitrogens with one attached hydrogen (secondary N) is 1. The van der Waals surface area contributed by atoms with Gasteiger partial charge in [-0.2, -0.15) is 4.31 Å². The molecule has 2 aromatic carbocycles. The molecular weight excluding hydrogens is 408 g/mol. The summed E-state index contributed by atoms with van der Waals surface area (Å²) < 4.78 is 32.4. The molecule has 9 heteroatoms. The Hall–Kier alpha value is -2.91. The van der Waals surface area contributed by atoms with Crippen LogP contribution in [0.2, 0.25) is 0 Å². The number of hydrogen-bond acceptors (Lipinski definition) is 5. The number of carboxylic acid groups (broad SMARTS) is 1. The molecule has 1 aliphatic rings. The van der Waals surface area contributed by atoms with Crippen LogP contribution in [0.4, 0.5) is 0 Å². The quantitative estimate of drug-likeness (QED) is 0.661. The third kappa shape index (κ3) is 4.80. The first kappa shape index (κ1) is 21.8. The third-order valence-corrected chi connectivity index (χ3v) is 6.83. The van der Waals surface area contributed by atoms with Crippen LogP contribution in [0.3, 0.4) is 0 Å². The highest BCUT2D eigenvalue weighted by atomic mass is 32.2. The minimum absolute atomic E-state index is 0.00890. The second-order valence-electron chi connectivity index (χ2n) is 7.33. The molecule has 160 valence electrons. The first-order valence-electron chi connectivity index (χ1n) is 9.56. The summed E-state index contributed by atoms with van der Waals surface area (Å²) in [7, 11) is -3.69. The minimum Gasteiger partial charge on any atom is -0.491 e. The van der Waals surface area contributed by atoms with E-state index >= 15 is 0 Å². The van der Waals surface area contributed by atoms with E-state index in [1.165, 1.54) is 35.5 Å². The van der Waals surface area contributed by atoms with Crippen LogP contribution in [0.15, 0.2) is 59.5 Å². The van der Waals surface area contributed by atoms with Crippen LogP contribution in [-0.4, -0.2) is 54.9 Å². The standard InChI is InChI=1S/C21H24N2O6S/c1-21(20(25)26,15-29-17-9-3-2-4-10-17)22-19(24)16-8-7-11-18(14-16)30(27,28)23-12-5-6-13-23/h2-4,7-11,14H,5-6,12-13,15H2,1H3,(H,22,24)(H,25,26). The molecule has 1 unspecified atom stereocenters. The number of hydrogen-bond donors (Lipinski definition) is 2. The van der Waals surface area contributed by atoms with Crippen molar-refractivity contribution in [3.63, 3.8) is 0 Å². The fraction of sp³-hybridized carbons (Fsp3) is 0.333. The molecule has 0 saturated carbocycles. The Morgan fingerprint density at radius 2 is 1.77 bits per heavy atom. The summed E-state index contributed by atoms with van der Waals surface area (Å²) in [6, 6.07) is 14.3. The zero-order chi connectivity index (χ0) is 21.8. The highest BCUT2D eigenvalue weighted by molar-refractivity contribution is 7.89. The van der Waals surface area contributed by atoms with Crippen LogP contribution in [0.5, 0.6) is 5.75 Å². The van der Waals surface area contributed by atoms with Crippen molar-refractivity contribution in [2.24, 2.45) is 0 Å². The molecule has 0 bridgehead atoms. The number of ether oxygens (including phenoxy) is 1. The summed E-state index contributed by atoms with van der Waals surface area (Å²) in [4.78, 5) is 24.6. The number of aliphatic carboxylic acids is 1. The van der Waals surface area contributed by atoms with Gasteiger partial charge in [0.2, 0.25) is 10.0 Å². The predicted octanol–water partition coefficient (Wildman–Crippen LogP) is 2.12. The number of benzene rings is 2. The van der Waals surface area contributed by atoms with Gasteiger partial charge in [-0.1, -0.05) is 24.3 Å². The Balaban J connectivity index is 1.77. The van der Waals surface area contributed by atoms with Gasteiger partial charge < -0.3 is 15.2 Å². The Morgan fingerprint density at radius 3 is 2.40 bits per heavy atom. The van der Waals surface area contributed by atoms with Gasteiger partial charge in [0.25, 0.3) is 5.91 Å². The van der Waals surface area contributed by atoms with Gasteiger partial charge in [-0.15, -0.1) is 0 Å². The van der Waals surface area contributed by atoms with Crippen LogP contribution in [0.1, 0.15) is 30.1 Å². The monoisotopic (exact) mass is 432 g/mol. The van der Waals surface area contributed by atoms with Gasteiger partial charge in [0.15, 0.2) is 5.54 Å². The molecule has 8 nitrogen and oxygen atoms in total. The Kier molecular flexibility index (Phi) is 6.42. The van der Waals surface area contributed by atoms with Crippen LogP contribution >= 0.6 is 0 Å². The number of para-hydroxylation sites is 1. The third-order valence-electron chi connectivity index (χ3n) is 4.93. The lowest BCUT2D eigenvalue weighted by Crippen LogP contribution is -2.56. The second kappa shape index (κ2) is 8.85. The number of carboxylic acids is 1. The van der Waals surface area contributed by atoms with Crippen molar-refractivity contribution in [1.82, 2.24) is 9.62 Å².